The van der Waals surface area contributed by atoms with Crippen molar-refractivity contribution in [3.63, 3.8) is 0 Å². The van der Waals surface area contributed by atoms with Gasteiger partial charge in [-0.15, -0.1) is 0 Å². The highest BCUT2D eigenvalue weighted by atomic mass is 31.2. The van der Waals surface area contributed by atoms with Crippen LogP contribution in [0.3, 0.4) is 0 Å². The highest BCUT2D eigenvalue weighted by molar-refractivity contribution is 7.45. The molecular formula is C11H18O6P2. The third-order valence-electron chi connectivity index (χ3n) is 3.89. The fraction of sp³-hybridized carbons (Fsp3) is 1.00. The summed E-state index contributed by atoms with van der Waals surface area (Å²) in [5.74, 6) is -2.06. The van der Waals surface area contributed by atoms with Crippen molar-refractivity contribution in [3.05, 3.63) is 0 Å². The molecule has 1 atom stereocenters. The first-order valence-corrected chi connectivity index (χ1v) is 9.20. The lowest BCUT2D eigenvalue weighted by molar-refractivity contribution is -0.511. The van der Waals surface area contributed by atoms with Crippen LogP contribution in [0, 0.1) is 0 Å². The minimum atomic E-state index is -1.18. The zero-order valence-corrected chi connectivity index (χ0v) is 12.7. The van der Waals surface area contributed by atoms with Gasteiger partial charge in [0.25, 0.3) is 5.79 Å². The molecule has 0 aromatic rings. The van der Waals surface area contributed by atoms with E-state index in [-0.39, 0.29) is 6.10 Å². The van der Waals surface area contributed by atoms with Crippen LogP contribution in [0.2, 0.25) is 0 Å². The van der Waals surface area contributed by atoms with Crippen molar-refractivity contribution in [2.75, 3.05) is 0 Å². The van der Waals surface area contributed by atoms with Crippen LogP contribution < -0.4 is 0 Å². The minimum absolute atomic E-state index is 0.123. The number of rotatable bonds is 8. The van der Waals surface area contributed by atoms with E-state index in [9.17, 15) is 0 Å². The van der Waals surface area contributed by atoms with Crippen molar-refractivity contribution >= 4 is 17.2 Å². The molecule has 0 aromatic heterocycles. The fourth-order valence-electron chi connectivity index (χ4n) is 2.73. The van der Waals surface area contributed by atoms with E-state index in [2.05, 4.69) is 6.92 Å². The van der Waals surface area contributed by atoms with Gasteiger partial charge in [0.15, 0.2) is 0 Å². The van der Waals surface area contributed by atoms with Crippen molar-refractivity contribution in [1.82, 2.24) is 0 Å². The standard InChI is InChI=1S/C11H18O6P2/c1-2-3-4-5-6-7-8-9-10(13-18(12-9)14-10)11-15-19(16-11)17-11/h9H,2-8H2,1H3. The van der Waals surface area contributed by atoms with E-state index < -0.39 is 29.0 Å². The Morgan fingerprint density at radius 3 is 2.16 bits per heavy atom. The summed E-state index contributed by atoms with van der Waals surface area (Å²) in [6.07, 6.45) is 8.30. The third kappa shape index (κ3) is 1.86. The Labute approximate surface area is 115 Å². The molecule has 0 amide bonds. The molecule has 6 fully saturated rings. The van der Waals surface area contributed by atoms with Crippen LogP contribution in [0.15, 0.2) is 0 Å². The summed E-state index contributed by atoms with van der Waals surface area (Å²) in [5.41, 5.74) is 0. The van der Waals surface area contributed by atoms with E-state index in [0.29, 0.717) is 0 Å². The smallest absolute Gasteiger partial charge is 0.303 e. The van der Waals surface area contributed by atoms with Crippen LogP contribution in [0.4, 0.5) is 0 Å². The highest BCUT2D eigenvalue weighted by Crippen LogP contribution is 2.85. The Balaban J connectivity index is 1.25. The van der Waals surface area contributed by atoms with Crippen LogP contribution in [0.5, 0.6) is 0 Å². The Hall–Kier alpha value is 0.620. The highest BCUT2D eigenvalue weighted by Gasteiger charge is 2.88. The van der Waals surface area contributed by atoms with Gasteiger partial charge in [0.1, 0.15) is 6.10 Å². The monoisotopic (exact) mass is 308 g/mol. The molecule has 0 spiro atoms. The first-order valence-electron chi connectivity index (χ1n) is 7.01. The first kappa shape index (κ1) is 13.3. The molecule has 19 heavy (non-hydrogen) atoms. The number of hydrogen-bond donors (Lipinski definition) is 0. The summed E-state index contributed by atoms with van der Waals surface area (Å²) in [7, 11) is -2.28. The zero-order chi connectivity index (χ0) is 12.9. The van der Waals surface area contributed by atoms with Crippen molar-refractivity contribution in [1.29, 1.82) is 0 Å². The molecule has 0 N–H and O–H groups in total. The maximum Gasteiger partial charge on any atom is 0.364 e. The molecule has 0 aromatic carbocycles. The van der Waals surface area contributed by atoms with Crippen LogP contribution in [0.25, 0.3) is 0 Å². The summed E-state index contributed by atoms with van der Waals surface area (Å²) in [6.45, 7) is 2.23. The van der Waals surface area contributed by atoms with Gasteiger partial charge < -0.3 is 4.52 Å². The second-order valence-corrected chi connectivity index (χ2v) is 7.30. The van der Waals surface area contributed by atoms with Crippen LogP contribution >= 0.6 is 17.2 Å². The van der Waals surface area contributed by atoms with Crippen molar-refractivity contribution in [3.8, 4) is 0 Å². The Bertz CT molecular complexity index is 344. The van der Waals surface area contributed by atoms with Crippen molar-refractivity contribution in [2.24, 2.45) is 0 Å². The van der Waals surface area contributed by atoms with Gasteiger partial charge in [-0.2, -0.15) is 0 Å². The fourth-order valence-corrected chi connectivity index (χ4v) is 5.19. The van der Waals surface area contributed by atoms with E-state index in [1.807, 2.05) is 0 Å². The molecule has 0 saturated carbocycles. The average Bonchev–Trinajstić information content (AvgIpc) is 2.73. The van der Waals surface area contributed by atoms with Crippen LogP contribution in [0.1, 0.15) is 51.9 Å². The van der Waals surface area contributed by atoms with E-state index in [0.717, 1.165) is 12.8 Å². The molecule has 108 valence electrons. The van der Waals surface area contributed by atoms with Crippen molar-refractivity contribution < 1.29 is 27.1 Å². The molecule has 6 aliphatic rings. The Morgan fingerprint density at radius 2 is 1.53 bits per heavy atom. The van der Waals surface area contributed by atoms with E-state index in [1.54, 1.807) is 0 Å². The van der Waals surface area contributed by atoms with Crippen LogP contribution in [-0.4, -0.2) is 17.9 Å². The van der Waals surface area contributed by atoms with Gasteiger partial charge in [-0.25, -0.2) is 13.6 Å². The molecule has 4 bridgehead atoms. The maximum absolute atomic E-state index is 5.70. The summed E-state index contributed by atoms with van der Waals surface area (Å²) in [4.78, 5) is 0. The predicted octanol–water partition coefficient (Wildman–Crippen LogP) is 4.06. The van der Waals surface area contributed by atoms with Gasteiger partial charge in [0, 0.05) is 0 Å². The number of hydrogen-bond acceptors (Lipinski definition) is 6. The lowest BCUT2D eigenvalue weighted by Gasteiger charge is -2.62. The van der Waals surface area contributed by atoms with Gasteiger partial charge >= 0.3 is 23.2 Å². The largest absolute Gasteiger partial charge is 0.364 e. The number of fused-ring (bicyclic) bond motifs is 1. The second kappa shape index (κ2) is 4.82. The molecule has 0 radical (unpaired) electrons. The maximum atomic E-state index is 5.70. The molecule has 6 nitrogen and oxygen atoms in total. The second-order valence-electron chi connectivity index (χ2n) is 5.28. The lowest BCUT2D eigenvalue weighted by atomic mass is 10.00. The first-order chi connectivity index (χ1) is 9.28. The van der Waals surface area contributed by atoms with Crippen LogP contribution in [-0.2, 0) is 27.1 Å². The summed E-state index contributed by atoms with van der Waals surface area (Å²) in [5, 5.41) is 0. The molecule has 8 heteroatoms. The van der Waals surface area contributed by atoms with Gasteiger partial charge in [0.2, 0.25) is 0 Å². The number of unbranched alkanes of at least 4 members (excludes halogenated alkanes) is 5. The molecule has 1 unspecified atom stereocenters. The SMILES string of the molecule is CCCCCCCCC1OP2OC1(C13OP(O1)O3)O2. The molecular weight excluding hydrogens is 290 g/mol. The topological polar surface area (TPSA) is 55.4 Å². The third-order valence-corrected chi connectivity index (χ3v) is 6.32. The Kier molecular flexibility index (Phi) is 3.37. The quantitative estimate of drug-likeness (QED) is 0.498. The minimum Gasteiger partial charge on any atom is -0.303 e. The molecule has 6 heterocycles. The Morgan fingerprint density at radius 1 is 0.842 bits per heavy atom. The van der Waals surface area contributed by atoms with Gasteiger partial charge in [0.05, 0.1) is 0 Å². The van der Waals surface area contributed by atoms with E-state index in [1.165, 1.54) is 32.1 Å². The van der Waals surface area contributed by atoms with Crippen molar-refractivity contribution in [2.45, 2.75) is 69.7 Å². The van der Waals surface area contributed by atoms with Gasteiger partial charge in [-0.1, -0.05) is 45.4 Å². The summed E-state index contributed by atoms with van der Waals surface area (Å²) >= 11 is 0. The molecule has 6 saturated heterocycles. The van der Waals surface area contributed by atoms with Gasteiger partial charge in [-0.05, 0) is 6.42 Å². The zero-order valence-electron chi connectivity index (χ0n) is 10.9. The molecule has 6 rings (SSSR count). The predicted molar refractivity (Wildman–Crippen MR) is 67.6 cm³/mol. The molecule has 0 aliphatic carbocycles. The summed E-state index contributed by atoms with van der Waals surface area (Å²) < 4.78 is 33.3. The average molecular weight is 308 g/mol. The van der Waals surface area contributed by atoms with Gasteiger partial charge in [-0.3, -0.25) is 9.05 Å². The lowest BCUT2D eigenvalue weighted by Crippen LogP contribution is -2.74. The van der Waals surface area contributed by atoms with E-state index >= 15 is 0 Å². The van der Waals surface area contributed by atoms with E-state index in [4.69, 9.17) is 27.1 Å². The molecule has 6 aliphatic heterocycles. The summed E-state index contributed by atoms with van der Waals surface area (Å²) in [6, 6.07) is 0. The normalized spacial score (nSPS) is 49.4.